The summed E-state index contributed by atoms with van der Waals surface area (Å²) in [6.07, 6.45) is 65.4. The highest BCUT2D eigenvalue weighted by atomic mass is 31.2. The Hall–Kier alpha value is -1.02. The average molecular weight is 996 g/mol. The molecule has 0 aromatic carbocycles. The number of likely N-dealkylation sites (N-methyl/N-ethyl adjacent to an activating group) is 1. The fourth-order valence-corrected chi connectivity index (χ4v) is 9.87. The standard InChI is InChI=1S/C60H119N2O6P/c1-6-8-10-12-14-16-18-20-22-24-26-28-30-31-32-34-36-38-40-42-44-46-48-50-52-54-60(64)61-58(57-68-69(65,66)67-56-55-62(3,4)5)59(63)53-51-49-47-45-43-41-39-37-35-33-29-27-25-23-21-19-17-15-13-11-9-7-2/h24,26,51,53,58-59,63H,6-23,25,27-50,52,54-57H2,1-5H3,(H-,61,64,65,66)/b26-24-,53-51+. The number of carbonyl (C=O) groups excluding carboxylic acids is 1. The third kappa shape index (κ3) is 54.6. The number of unbranched alkanes of at least 4 members (excludes halogenated alkanes) is 41. The van der Waals surface area contributed by atoms with E-state index in [1.807, 2.05) is 27.2 Å². The topological polar surface area (TPSA) is 108 Å². The first kappa shape index (κ1) is 68.0. The minimum absolute atomic E-state index is 0.00113. The molecule has 0 aliphatic carbocycles. The van der Waals surface area contributed by atoms with Gasteiger partial charge in [-0.2, -0.15) is 0 Å². The van der Waals surface area contributed by atoms with E-state index in [1.54, 1.807) is 6.08 Å². The third-order valence-electron chi connectivity index (χ3n) is 13.9. The second kappa shape index (κ2) is 51.9. The average Bonchev–Trinajstić information content (AvgIpc) is 3.31. The zero-order chi connectivity index (χ0) is 50.6. The lowest BCUT2D eigenvalue weighted by Crippen LogP contribution is -2.45. The SMILES string of the molecule is CCCCCCCCCC/C=C\CCCCCCCCCCCCCCCC(=O)NC(COP(=O)([O-])OCC[N+](C)(C)C)C(O)/C=C/CCCCCCCCCCCCCCCCCCCCCC. The van der Waals surface area contributed by atoms with Crippen molar-refractivity contribution in [1.82, 2.24) is 5.32 Å². The zero-order valence-electron chi connectivity index (χ0n) is 46.8. The van der Waals surface area contributed by atoms with E-state index in [2.05, 4.69) is 31.3 Å². The maximum atomic E-state index is 13.0. The number of carbonyl (C=O) groups is 1. The number of aliphatic hydroxyl groups is 1. The van der Waals surface area contributed by atoms with Crippen LogP contribution in [0.1, 0.15) is 303 Å². The number of rotatable bonds is 56. The predicted molar refractivity (Wildman–Crippen MR) is 298 cm³/mol. The number of quaternary nitrogens is 1. The number of phosphoric acid groups is 1. The molecule has 0 rings (SSSR count). The van der Waals surface area contributed by atoms with E-state index in [9.17, 15) is 19.4 Å². The molecule has 0 saturated carbocycles. The minimum Gasteiger partial charge on any atom is -0.756 e. The van der Waals surface area contributed by atoms with Crippen LogP contribution in [0, 0.1) is 0 Å². The van der Waals surface area contributed by atoms with E-state index < -0.39 is 20.0 Å². The van der Waals surface area contributed by atoms with Crippen LogP contribution in [0.3, 0.4) is 0 Å². The van der Waals surface area contributed by atoms with Gasteiger partial charge in [-0.05, 0) is 44.9 Å². The molecule has 8 nitrogen and oxygen atoms in total. The summed E-state index contributed by atoms with van der Waals surface area (Å²) >= 11 is 0. The fraction of sp³-hybridized carbons (Fsp3) is 0.917. The molecular formula is C60H119N2O6P. The summed E-state index contributed by atoms with van der Waals surface area (Å²) in [5.74, 6) is -0.192. The number of nitrogens with one attached hydrogen (secondary N) is 1. The summed E-state index contributed by atoms with van der Waals surface area (Å²) in [7, 11) is 1.27. The van der Waals surface area contributed by atoms with Gasteiger partial charge in [0.2, 0.25) is 5.91 Å². The molecule has 410 valence electrons. The van der Waals surface area contributed by atoms with Gasteiger partial charge in [0.25, 0.3) is 7.82 Å². The van der Waals surface area contributed by atoms with Crippen LogP contribution >= 0.6 is 7.82 Å². The summed E-state index contributed by atoms with van der Waals surface area (Å²) in [4.78, 5) is 25.5. The van der Waals surface area contributed by atoms with Crippen molar-refractivity contribution in [1.29, 1.82) is 0 Å². The van der Waals surface area contributed by atoms with Crippen LogP contribution in [0.5, 0.6) is 0 Å². The molecule has 0 bridgehead atoms. The molecule has 0 aliphatic rings. The molecule has 0 fully saturated rings. The van der Waals surface area contributed by atoms with Gasteiger partial charge in [0.15, 0.2) is 0 Å². The largest absolute Gasteiger partial charge is 0.756 e. The van der Waals surface area contributed by atoms with E-state index in [0.717, 1.165) is 38.5 Å². The summed E-state index contributed by atoms with van der Waals surface area (Å²) < 4.78 is 23.4. The summed E-state index contributed by atoms with van der Waals surface area (Å²) in [5, 5.41) is 13.9. The minimum atomic E-state index is -4.60. The highest BCUT2D eigenvalue weighted by Gasteiger charge is 2.23. The molecule has 0 aromatic rings. The van der Waals surface area contributed by atoms with Gasteiger partial charge in [0.1, 0.15) is 13.2 Å². The summed E-state index contributed by atoms with van der Waals surface area (Å²) in [5.41, 5.74) is 0. The van der Waals surface area contributed by atoms with Crippen LogP contribution in [0.25, 0.3) is 0 Å². The first-order chi connectivity index (χ1) is 33.5. The molecule has 0 aliphatic heterocycles. The van der Waals surface area contributed by atoms with E-state index in [0.29, 0.717) is 17.4 Å². The van der Waals surface area contributed by atoms with Gasteiger partial charge in [-0.25, -0.2) is 0 Å². The second-order valence-electron chi connectivity index (χ2n) is 22.1. The van der Waals surface area contributed by atoms with Gasteiger partial charge in [-0.15, -0.1) is 0 Å². The molecule has 3 unspecified atom stereocenters. The van der Waals surface area contributed by atoms with Crippen molar-refractivity contribution >= 4 is 13.7 Å². The van der Waals surface area contributed by atoms with Crippen molar-refractivity contribution in [3.05, 3.63) is 24.3 Å². The Labute approximate surface area is 430 Å². The molecule has 0 heterocycles. The Morgan fingerprint density at radius 3 is 1.13 bits per heavy atom. The van der Waals surface area contributed by atoms with E-state index in [4.69, 9.17) is 9.05 Å². The number of phosphoric ester groups is 1. The first-order valence-corrected chi connectivity index (χ1v) is 31.7. The smallest absolute Gasteiger partial charge is 0.268 e. The molecular weight excluding hydrogens is 876 g/mol. The van der Waals surface area contributed by atoms with Crippen molar-refractivity contribution in [3.8, 4) is 0 Å². The molecule has 1 amide bonds. The third-order valence-corrected chi connectivity index (χ3v) is 14.9. The molecule has 0 radical (unpaired) electrons. The van der Waals surface area contributed by atoms with Gasteiger partial charge in [-0.3, -0.25) is 9.36 Å². The Morgan fingerprint density at radius 1 is 0.493 bits per heavy atom. The molecule has 0 aromatic heterocycles. The predicted octanol–water partition coefficient (Wildman–Crippen LogP) is 17.7. The highest BCUT2D eigenvalue weighted by molar-refractivity contribution is 7.45. The van der Waals surface area contributed by atoms with E-state index in [1.165, 1.54) is 244 Å². The van der Waals surface area contributed by atoms with Gasteiger partial charge < -0.3 is 28.8 Å². The van der Waals surface area contributed by atoms with Gasteiger partial charge in [0, 0.05) is 6.42 Å². The van der Waals surface area contributed by atoms with Gasteiger partial charge in [-0.1, -0.05) is 276 Å². The molecule has 3 atom stereocenters. The monoisotopic (exact) mass is 995 g/mol. The maximum absolute atomic E-state index is 13.0. The lowest BCUT2D eigenvalue weighted by atomic mass is 10.0. The van der Waals surface area contributed by atoms with Gasteiger partial charge >= 0.3 is 0 Å². The Bertz CT molecular complexity index is 1170. The molecule has 69 heavy (non-hydrogen) atoms. The molecule has 9 heteroatoms. The summed E-state index contributed by atoms with van der Waals surface area (Å²) in [6.45, 7) is 4.70. The van der Waals surface area contributed by atoms with Crippen LogP contribution in [0.2, 0.25) is 0 Å². The van der Waals surface area contributed by atoms with E-state index in [-0.39, 0.29) is 19.1 Å². The van der Waals surface area contributed by atoms with Crippen molar-refractivity contribution in [2.24, 2.45) is 0 Å². The normalized spacial score (nSPS) is 14.0. The van der Waals surface area contributed by atoms with Crippen LogP contribution < -0.4 is 10.2 Å². The number of hydrogen-bond donors (Lipinski definition) is 2. The number of hydrogen-bond acceptors (Lipinski definition) is 6. The maximum Gasteiger partial charge on any atom is 0.268 e. The molecule has 0 saturated heterocycles. The quantitative estimate of drug-likeness (QED) is 0.0272. The molecule has 2 N–H and O–H groups in total. The van der Waals surface area contributed by atoms with E-state index >= 15 is 0 Å². The Morgan fingerprint density at radius 2 is 0.797 bits per heavy atom. The summed E-state index contributed by atoms with van der Waals surface area (Å²) in [6, 6.07) is -0.885. The van der Waals surface area contributed by atoms with Crippen LogP contribution in [-0.4, -0.2) is 68.5 Å². The Balaban J connectivity index is 4.16. The van der Waals surface area contributed by atoms with Crippen molar-refractivity contribution in [2.75, 3.05) is 40.9 Å². The van der Waals surface area contributed by atoms with Crippen LogP contribution in [-0.2, 0) is 18.4 Å². The van der Waals surface area contributed by atoms with Crippen molar-refractivity contribution in [2.45, 2.75) is 315 Å². The Kier molecular flexibility index (Phi) is 51.1. The van der Waals surface area contributed by atoms with Crippen LogP contribution in [0.4, 0.5) is 0 Å². The lowest BCUT2D eigenvalue weighted by Gasteiger charge is -2.29. The molecule has 0 spiro atoms. The number of nitrogens with zero attached hydrogens (tertiary/aromatic N) is 1. The van der Waals surface area contributed by atoms with Crippen LogP contribution in [0.15, 0.2) is 24.3 Å². The lowest BCUT2D eigenvalue weighted by molar-refractivity contribution is -0.870. The van der Waals surface area contributed by atoms with Gasteiger partial charge in [0.05, 0.1) is 39.9 Å². The van der Waals surface area contributed by atoms with Crippen molar-refractivity contribution in [3.63, 3.8) is 0 Å². The fourth-order valence-electron chi connectivity index (χ4n) is 9.15. The number of allylic oxidation sites excluding steroid dienone is 3. The highest BCUT2D eigenvalue weighted by Crippen LogP contribution is 2.38. The second-order valence-corrected chi connectivity index (χ2v) is 23.5. The van der Waals surface area contributed by atoms with Crippen molar-refractivity contribution < 1.29 is 32.9 Å². The zero-order valence-corrected chi connectivity index (χ0v) is 47.7. The number of amides is 1. The number of aliphatic hydroxyl groups excluding tert-OH is 1. The first-order valence-electron chi connectivity index (χ1n) is 30.2.